The van der Waals surface area contributed by atoms with E-state index in [2.05, 4.69) is 11.8 Å². The minimum Gasteiger partial charge on any atom is -0.390 e. The Kier molecular flexibility index (Phi) is 4.66. The number of likely N-dealkylation sites (tertiary alicyclic amines) is 1. The maximum atomic E-state index is 12.6. The monoisotopic (exact) mass is 287 g/mol. The Morgan fingerprint density at radius 2 is 2.05 bits per heavy atom. The molecule has 0 aliphatic carbocycles. The van der Waals surface area contributed by atoms with Crippen molar-refractivity contribution in [1.82, 2.24) is 4.90 Å². The molecule has 2 N–H and O–H groups in total. The standard InChI is InChI=1S/C17H21NO3/c1-13-14(6-4-12-19)5-3-7-15(13)16(20)18-10-8-17(2,21)9-11-18/h3,5,7,19,21H,8-12H2,1-2H3. The summed E-state index contributed by atoms with van der Waals surface area (Å²) in [6.07, 6.45) is 1.20. The molecular weight excluding hydrogens is 266 g/mol. The van der Waals surface area contributed by atoms with Gasteiger partial charge in [-0.1, -0.05) is 17.9 Å². The van der Waals surface area contributed by atoms with E-state index in [9.17, 15) is 9.90 Å². The summed E-state index contributed by atoms with van der Waals surface area (Å²) in [5, 5.41) is 18.7. The number of aliphatic hydroxyl groups is 2. The Morgan fingerprint density at radius 1 is 1.38 bits per heavy atom. The molecule has 1 amide bonds. The summed E-state index contributed by atoms with van der Waals surface area (Å²) in [6.45, 7) is 4.62. The number of nitrogens with zero attached hydrogens (tertiary/aromatic N) is 1. The van der Waals surface area contributed by atoms with Gasteiger partial charge in [-0.3, -0.25) is 4.79 Å². The third kappa shape index (κ3) is 3.63. The Labute approximate surface area is 125 Å². The van der Waals surface area contributed by atoms with Crippen molar-refractivity contribution < 1.29 is 15.0 Å². The number of rotatable bonds is 1. The molecule has 4 nitrogen and oxygen atoms in total. The first-order chi connectivity index (χ1) is 9.94. The number of aliphatic hydroxyl groups excluding tert-OH is 1. The molecule has 2 rings (SSSR count). The van der Waals surface area contributed by atoms with Crippen molar-refractivity contribution >= 4 is 5.91 Å². The van der Waals surface area contributed by atoms with Crippen LogP contribution in [-0.2, 0) is 0 Å². The van der Waals surface area contributed by atoms with Crippen LogP contribution in [0.25, 0.3) is 0 Å². The lowest BCUT2D eigenvalue weighted by molar-refractivity contribution is -0.00204. The van der Waals surface area contributed by atoms with E-state index in [0.717, 1.165) is 11.1 Å². The summed E-state index contributed by atoms with van der Waals surface area (Å²) in [5.74, 6) is 5.45. The Hall–Kier alpha value is -1.83. The fourth-order valence-electron chi connectivity index (χ4n) is 2.50. The van der Waals surface area contributed by atoms with Gasteiger partial charge in [0.15, 0.2) is 0 Å². The summed E-state index contributed by atoms with van der Waals surface area (Å²) in [4.78, 5) is 14.4. The molecule has 0 aromatic heterocycles. The zero-order valence-corrected chi connectivity index (χ0v) is 12.5. The molecule has 0 bridgehead atoms. The Bertz CT molecular complexity index is 586. The second-order valence-corrected chi connectivity index (χ2v) is 5.73. The zero-order valence-electron chi connectivity index (χ0n) is 12.5. The molecule has 1 heterocycles. The predicted molar refractivity (Wildman–Crippen MR) is 80.9 cm³/mol. The highest BCUT2D eigenvalue weighted by molar-refractivity contribution is 5.96. The molecule has 1 aliphatic rings. The van der Waals surface area contributed by atoms with Crippen molar-refractivity contribution in [2.45, 2.75) is 32.3 Å². The summed E-state index contributed by atoms with van der Waals surface area (Å²) >= 11 is 0. The van der Waals surface area contributed by atoms with Crippen molar-refractivity contribution in [3.8, 4) is 11.8 Å². The quantitative estimate of drug-likeness (QED) is 0.766. The summed E-state index contributed by atoms with van der Waals surface area (Å²) in [5.41, 5.74) is 1.57. The van der Waals surface area contributed by atoms with Gasteiger partial charge in [-0.15, -0.1) is 0 Å². The van der Waals surface area contributed by atoms with E-state index in [1.807, 2.05) is 26.0 Å². The van der Waals surface area contributed by atoms with Crippen LogP contribution in [0, 0.1) is 18.8 Å². The average molecular weight is 287 g/mol. The fourth-order valence-corrected chi connectivity index (χ4v) is 2.50. The number of piperidine rings is 1. The molecule has 0 radical (unpaired) electrons. The largest absolute Gasteiger partial charge is 0.390 e. The normalized spacial score (nSPS) is 17.0. The fraction of sp³-hybridized carbons (Fsp3) is 0.471. The Balaban J connectivity index is 2.20. The molecule has 0 saturated carbocycles. The molecule has 0 atom stereocenters. The van der Waals surface area contributed by atoms with Crippen molar-refractivity contribution in [3.05, 3.63) is 34.9 Å². The second kappa shape index (κ2) is 6.30. The van der Waals surface area contributed by atoms with Crippen molar-refractivity contribution in [1.29, 1.82) is 0 Å². The average Bonchev–Trinajstić information content (AvgIpc) is 2.45. The topological polar surface area (TPSA) is 60.8 Å². The lowest BCUT2D eigenvalue weighted by Gasteiger charge is -2.36. The molecule has 1 aromatic rings. The van der Waals surface area contributed by atoms with E-state index < -0.39 is 5.60 Å². The molecule has 1 aliphatic heterocycles. The number of carbonyl (C=O) groups excluding carboxylic acids is 1. The molecule has 0 spiro atoms. The zero-order chi connectivity index (χ0) is 15.5. The molecule has 1 aromatic carbocycles. The van der Waals surface area contributed by atoms with E-state index in [-0.39, 0.29) is 12.5 Å². The SMILES string of the molecule is Cc1c(C#CCO)cccc1C(=O)N1CCC(C)(O)CC1. The van der Waals surface area contributed by atoms with Crippen LogP contribution in [0.5, 0.6) is 0 Å². The van der Waals surface area contributed by atoms with Crippen LogP contribution in [0.3, 0.4) is 0 Å². The van der Waals surface area contributed by atoms with Crippen LogP contribution in [0.4, 0.5) is 0 Å². The van der Waals surface area contributed by atoms with Gasteiger partial charge in [-0.05, 0) is 44.4 Å². The first-order valence-electron chi connectivity index (χ1n) is 7.15. The molecular formula is C17H21NO3. The highest BCUT2D eigenvalue weighted by atomic mass is 16.3. The van der Waals surface area contributed by atoms with Gasteiger partial charge in [-0.25, -0.2) is 0 Å². The van der Waals surface area contributed by atoms with Crippen LogP contribution in [0.1, 0.15) is 41.3 Å². The summed E-state index contributed by atoms with van der Waals surface area (Å²) in [7, 11) is 0. The van der Waals surface area contributed by atoms with E-state index in [1.165, 1.54) is 0 Å². The molecule has 21 heavy (non-hydrogen) atoms. The van der Waals surface area contributed by atoms with Gasteiger partial charge < -0.3 is 15.1 Å². The highest BCUT2D eigenvalue weighted by Gasteiger charge is 2.30. The minimum atomic E-state index is -0.666. The number of hydrogen-bond donors (Lipinski definition) is 2. The van der Waals surface area contributed by atoms with E-state index in [4.69, 9.17) is 5.11 Å². The number of hydrogen-bond acceptors (Lipinski definition) is 3. The predicted octanol–water partition coefficient (Wildman–Crippen LogP) is 1.33. The lowest BCUT2D eigenvalue weighted by atomic mass is 9.93. The van der Waals surface area contributed by atoms with Gasteiger partial charge in [0.05, 0.1) is 5.60 Å². The van der Waals surface area contributed by atoms with E-state index in [0.29, 0.717) is 31.5 Å². The van der Waals surface area contributed by atoms with Crippen molar-refractivity contribution in [3.63, 3.8) is 0 Å². The number of amides is 1. The van der Waals surface area contributed by atoms with Gasteiger partial charge >= 0.3 is 0 Å². The molecule has 1 fully saturated rings. The highest BCUT2D eigenvalue weighted by Crippen LogP contribution is 2.23. The van der Waals surface area contributed by atoms with Crippen LogP contribution in [0.15, 0.2) is 18.2 Å². The summed E-state index contributed by atoms with van der Waals surface area (Å²) < 4.78 is 0. The maximum absolute atomic E-state index is 12.6. The third-order valence-corrected chi connectivity index (χ3v) is 3.99. The molecule has 1 saturated heterocycles. The van der Waals surface area contributed by atoms with Crippen LogP contribution < -0.4 is 0 Å². The molecule has 0 unspecified atom stereocenters. The first kappa shape index (κ1) is 15.6. The van der Waals surface area contributed by atoms with Crippen LogP contribution in [0.2, 0.25) is 0 Å². The molecule has 4 heteroatoms. The number of benzene rings is 1. The lowest BCUT2D eigenvalue weighted by Crippen LogP contribution is -2.45. The van der Waals surface area contributed by atoms with Gasteiger partial charge in [-0.2, -0.15) is 0 Å². The van der Waals surface area contributed by atoms with Gasteiger partial charge in [0.25, 0.3) is 5.91 Å². The van der Waals surface area contributed by atoms with Gasteiger partial charge in [0.1, 0.15) is 6.61 Å². The Morgan fingerprint density at radius 3 is 2.67 bits per heavy atom. The van der Waals surface area contributed by atoms with Gasteiger partial charge in [0, 0.05) is 24.2 Å². The van der Waals surface area contributed by atoms with Gasteiger partial charge in [0.2, 0.25) is 0 Å². The number of carbonyl (C=O) groups is 1. The van der Waals surface area contributed by atoms with Crippen LogP contribution in [-0.4, -0.2) is 46.3 Å². The minimum absolute atomic E-state index is 0.0179. The second-order valence-electron chi connectivity index (χ2n) is 5.73. The summed E-state index contributed by atoms with van der Waals surface area (Å²) in [6, 6.07) is 5.45. The third-order valence-electron chi connectivity index (χ3n) is 3.99. The smallest absolute Gasteiger partial charge is 0.254 e. The first-order valence-corrected chi connectivity index (χ1v) is 7.15. The van der Waals surface area contributed by atoms with E-state index >= 15 is 0 Å². The maximum Gasteiger partial charge on any atom is 0.254 e. The molecule has 112 valence electrons. The van der Waals surface area contributed by atoms with E-state index in [1.54, 1.807) is 11.0 Å². The van der Waals surface area contributed by atoms with Crippen LogP contribution >= 0.6 is 0 Å². The van der Waals surface area contributed by atoms with Crippen molar-refractivity contribution in [2.24, 2.45) is 0 Å². The van der Waals surface area contributed by atoms with Crippen molar-refractivity contribution in [2.75, 3.05) is 19.7 Å².